The van der Waals surface area contributed by atoms with Gasteiger partial charge in [0.25, 0.3) is 0 Å². The van der Waals surface area contributed by atoms with Crippen molar-refractivity contribution in [3.63, 3.8) is 0 Å². The second-order valence-corrected chi connectivity index (χ2v) is 4.26. The first kappa shape index (κ1) is 12.9. The summed E-state index contributed by atoms with van der Waals surface area (Å²) in [5.41, 5.74) is 1.09. The Morgan fingerprint density at radius 3 is 2.83 bits per heavy atom. The van der Waals surface area contributed by atoms with Crippen LogP contribution < -0.4 is 0 Å². The lowest BCUT2D eigenvalue weighted by Crippen LogP contribution is -2.29. The van der Waals surface area contributed by atoms with E-state index in [2.05, 4.69) is 9.72 Å². The van der Waals surface area contributed by atoms with Gasteiger partial charge in [0.1, 0.15) is 6.10 Å². The van der Waals surface area contributed by atoms with E-state index in [9.17, 15) is 15.0 Å². The number of rotatable bonds is 3. The fraction of sp³-hybridized carbons (Fsp3) is 0.250. The minimum absolute atomic E-state index is 0.264. The number of aromatic amines is 1. The van der Waals surface area contributed by atoms with Crippen LogP contribution in [0.5, 0.6) is 0 Å². The van der Waals surface area contributed by atoms with Gasteiger partial charge in [0.15, 0.2) is 6.10 Å². The van der Waals surface area contributed by atoms with Gasteiger partial charge >= 0.3 is 5.97 Å². The molecule has 0 aliphatic heterocycles. The lowest BCUT2D eigenvalue weighted by molar-refractivity contribution is -0.156. The molecule has 18 heavy (non-hydrogen) atoms. The second kappa shape index (κ2) is 4.97. The fourth-order valence-corrected chi connectivity index (χ4v) is 2.01. The molecule has 0 fully saturated rings. The molecule has 0 bridgehead atoms. The molecule has 2 rings (SSSR count). The number of ether oxygens (including phenoxy) is 1. The highest BCUT2D eigenvalue weighted by molar-refractivity contribution is 6.32. The topological polar surface area (TPSA) is 82.6 Å². The van der Waals surface area contributed by atoms with Crippen molar-refractivity contribution in [2.24, 2.45) is 0 Å². The SMILES string of the molecule is COC(=O)C(O)C(O)c1cc2cc[nH]c2cc1Cl. The Kier molecular flexibility index (Phi) is 3.56. The maximum Gasteiger partial charge on any atom is 0.337 e. The molecule has 0 radical (unpaired) electrons. The third-order valence-corrected chi connectivity index (χ3v) is 3.06. The molecule has 1 aromatic carbocycles. The highest BCUT2D eigenvalue weighted by atomic mass is 35.5. The summed E-state index contributed by atoms with van der Waals surface area (Å²) in [6.07, 6.45) is -1.36. The third-order valence-electron chi connectivity index (χ3n) is 2.73. The predicted molar refractivity (Wildman–Crippen MR) is 66.3 cm³/mol. The molecule has 0 aliphatic rings. The average molecular weight is 270 g/mol. The average Bonchev–Trinajstić information content (AvgIpc) is 2.82. The number of aliphatic hydroxyl groups is 2. The molecule has 2 aromatic rings. The number of fused-ring (bicyclic) bond motifs is 1. The standard InChI is InChI=1S/C12H12ClNO4/c1-18-12(17)11(16)10(15)7-4-6-2-3-14-9(6)5-8(7)13/h2-5,10-11,14-16H,1H3. The molecule has 6 heteroatoms. The number of hydrogen-bond donors (Lipinski definition) is 3. The minimum atomic E-state index is -1.66. The van der Waals surface area contributed by atoms with Gasteiger partial charge in [0, 0.05) is 22.3 Å². The number of benzene rings is 1. The molecule has 0 saturated heterocycles. The summed E-state index contributed by atoms with van der Waals surface area (Å²) in [5, 5.41) is 20.6. The van der Waals surface area contributed by atoms with E-state index < -0.39 is 18.2 Å². The molecular formula is C12H12ClNO4. The molecule has 0 saturated carbocycles. The van der Waals surface area contributed by atoms with E-state index in [-0.39, 0.29) is 10.6 Å². The maximum atomic E-state index is 11.2. The van der Waals surface area contributed by atoms with Crippen LogP contribution >= 0.6 is 11.6 Å². The molecule has 3 N–H and O–H groups in total. The Balaban J connectivity index is 2.40. The molecule has 0 spiro atoms. The molecule has 1 aromatic heterocycles. The van der Waals surface area contributed by atoms with Gasteiger partial charge in [-0.05, 0) is 23.6 Å². The number of esters is 1. The Morgan fingerprint density at radius 2 is 2.17 bits per heavy atom. The van der Waals surface area contributed by atoms with Crippen LogP contribution in [0.25, 0.3) is 10.9 Å². The minimum Gasteiger partial charge on any atom is -0.467 e. The summed E-state index contributed by atoms with van der Waals surface area (Å²) in [6.45, 7) is 0. The van der Waals surface area contributed by atoms with E-state index in [0.717, 1.165) is 18.0 Å². The van der Waals surface area contributed by atoms with Crippen LogP contribution in [0.1, 0.15) is 11.7 Å². The monoisotopic (exact) mass is 269 g/mol. The number of methoxy groups -OCH3 is 1. The first-order valence-corrected chi connectivity index (χ1v) is 5.63. The van der Waals surface area contributed by atoms with Crippen LogP contribution in [-0.4, -0.2) is 34.4 Å². The van der Waals surface area contributed by atoms with Crippen LogP contribution in [0.15, 0.2) is 24.4 Å². The second-order valence-electron chi connectivity index (χ2n) is 3.85. The Bertz CT molecular complexity index is 580. The number of aromatic nitrogens is 1. The summed E-state index contributed by atoms with van der Waals surface area (Å²) in [6, 6.07) is 5.04. The molecule has 0 amide bonds. The highest BCUT2D eigenvalue weighted by Gasteiger charge is 2.28. The molecule has 2 unspecified atom stereocenters. The summed E-state index contributed by atoms with van der Waals surface area (Å²) in [5.74, 6) is -0.910. The van der Waals surface area contributed by atoms with Crippen molar-refractivity contribution in [3.05, 3.63) is 35.0 Å². The van der Waals surface area contributed by atoms with Crippen molar-refractivity contribution in [2.45, 2.75) is 12.2 Å². The smallest absolute Gasteiger partial charge is 0.337 e. The number of nitrogens with one attached hydrogen (secondary N) is 1. The number of hydrogen-bond acceptors (Lipinski definition) is 4. The lowest BCUT2D eigenvalue weighted by Gasteiger charge is -2.17. The van der Waals surface area contributed by atoms with Crippen LogP contribution in [0.3, 0.4) is 0 Å². The van der Waals surface area contributed by atoms with Crippen LogP contribution in [-0.2, 0) is 9.53 Å². The van der Waals surface area contributed by atoms with Crippen LogP contribution in [0, 0.1) is 0 Å². The Hall–Kier alpha value is -1.56. The first-order valence-electron chi connectivity index (χ1n) is 5.25. The van der Waals surface area contributed by atoms with Crippen molar-refractivity contribution in [1.29, 1.82) is 0 Å². The van der Waals surface area contributed by atoms with Gasteiger partial charge in [-0.2, -0.15) is 0 Å². The number of carbonyl (C=O) groups excluding carboxylic acids is 1. The molecule has 0 aliphatic carbocycles. The van der Waals surface area contributed by atoms with Crippen LogP contribution in [0.2, 0.25) is 5.02 Å². The van der Waals surface area contributed by atoms with Crippen molar-refractivity contribution >= 4 is 28.5 Å². The summed E-state index contributed by atoms with van der Waals surface area (Å²) in [4.78, 5) is 14.1. The lowest BCUT2D eigenvalue weighted by atomic mass is 10.0. The van der Waals surface area contributed by atoms with Gasteiger partial charge in [0.05, 0.1) is 7.11 Å². The Morgan fingerprint density at radius 1 is 1.44 bits per heavy atom. The van der Waals surface area contributed by atoms with E-state index in [0.29, 0.717) is 0 Å². The number of carbonyl (C=O) groups is 1. The van der Waals surface area contributed by atoms with Gasteiger partial charge in [0.2, 0.25) is 0 Å². The zero-order valence-electron chi connectivity index (χ0n) is 9.55. The van der Waals surface area contributed by atoms with Crippen molar-refractivity contribution in [3.8, 4) is 0 Å². The molecule has 96 valence electrons. The van der Waals surface area contributed by atoms with E-state index in [4.69, 9.17) is 11.6 Å². The maximum absolute atomic E-state index is 11.2. The third kappa shape index (κ3) is 2.20. The van der Waals surface area contributed by atoms with E-state index in [1.54, 1.807) is 24.4 Å². The summed E-state index contributed by atoms with van der Waals surface area (Å²) in [7, 11) is 1.13. The zero-order valence-corrected chi connectivity index (χ0v) is 10.3. The molecular weight excluding hydrogens is 258 g/mol. The van der Waals surface area contributed by atoms with E-state index >= 15 is 0 Å². The van der Waals surface area contributed by atoms with Gasteiger partial charge in [-0.3, -0.25) is 0 Å². The number of H-pyrrole nitrogens is 1. The number of halogens is 1. The molecule has 2 atom stereocenters. The number of aliphatic hydroxyl groups excluding tert-OH is 2. The van der Waals surface area contributed by atoms with Gasteiger partial charge in [-0.1, -0.05) is 11.6 Å². The molecule has 5 nitrogen and oxygen atoms in total. The van der Waals surface area contributed by atoms with Gasteiger partial charge in [-0.25, -0.2) is 4.79 Å². The molecule has 1 heterocycles. The van der Waals surface area contributed by atoms with Gasteiger partial charge in [-0.15, -0.1) is 0 Å². The summed E-state index contributed by atoms with van der Waals surface area (Å²) < 4.78 is 4.37. The van der Waals surface area contributed by atoms with E-state index in [1.807, 2.05) is 0 Å². The quantitative estimate of drug-likeness (QED) is 0.736. The van der Waals surface area contributed by atoms with E-state index in [1.165, 1.54) is 0 Å². The fourth-order valence-electron chi connectivity index (χ4n) is 1.74. The van der Waals surface area contributed by atoms with Crippen molar-refractivity contribution < 1.29 is 19.7 Å². The first-order chi connectivity index (χ1) is 8.54. The van der Waals surface area contributed by atoms with Crippen LogP contribution in [0.4, 0.5) is 0 Å². The Labute approximate surface area is 108 Å². The largest absolute Gasteiger partial charge is 0.467 e. The van der Waals surface area contributed by atoms with Crippen molar-refractivity contribution in [1.82, 2.24) is 4.98 Å². The van der Waals surface area contributed by atoms with Gasteiger partial charge < -0.3 is 19.9 Å². The highest BCUT2D eigenvalue weighted by Crippen LogP contribution is 2.30. The predicted octanol–water partition coefficient (Wildman–Crippen LogP) is 1.39. The van der Waals surface area contributed by atoms with Crippen molar-refractivity contribution in [2.75, 3.05) is 7.11 Å². The summed E-state index contributed by atoms with van der Waals surface area (Å²) >= 11 is 6.00. The zero-order chi connectivity index (χ0) is 13.3. The normalized spacial score (nSPS) is 14.4.